The van der Waals surface area contributed by atoms with Crippen LogP contribution in [-0.2, 0) is 30.4 Å². The summed E-state index contributed by atoms with van der Waals surface area (Å²) in [6.07, 6.45) is 6.24. The second kappa shape index (κ2) is 14.3. The summed E-state index contributed by atoms with van der Waals surface area (Å²) in [5.41, 5.74) is 2.10. The third kappa shape index (κ3) is 7.82. The van der Waals surface area contributed by atoms with E-state index >= 15 is 4.39 Å². The van der Waals surface area contributed by atoms with Crippen LogP contribution in [0.1, 0.15) is 37.5 Å². The Morgan fingerprint density at radius 3 is 2.53 bits per heavy atom. The molecule has 0 unspecified atom stereocenters. The van der Waals surface area contributed by atoms with Gasteiger partial charge in [0.2, 0.25) is 5.91 Å². The average molecular weight is 666 g/mol. The van der Waals surface area contributed by atoms with E-state index in [9.17, 15) is 19.5 Å². The molecule has 1 amide bonds. The lowest BCUT2D eigenvalue weighted by atomic mass is 9.86. The summed E-state index contributed by atoms with van der Waals surface area (Å²) in [4.78, 5) is 45.5. The van der Waals surface area contributed by atoms with Crippen molar-refractivity contribution >= 4 is 28.2 Å². The molecule has 0 aliphatic rings. The van der Waals surface area contributed by atoms with E-state index in [1.54, 1.807) is 55.6 Å². The lowest BCUT2D eigenvalue weighted by molar-refractivity contribution is -0.116. The molecule has 2 aromatic heterocycles. The number of likely N-dealkylation sites (N-methyl/N-ethyl adjacent to an activating group) is 1. The number of rotatable bonds is 10. The quantitative estimate of drug-likeness (QED) is 0.185. The lowest BCUT2D eigenvalue weighted by Crippen LogP contribution is -2.24. The third-order valence-electron chi connectivity index (χ3n) is 7.99. The van der Waals surface area contributed by atoms with Crippen molar-refractivity contribution in [2.24, 2.45) is 7.05 Å². The molecule has 0 aliphatic heterocycles. The van der Waals surface area contributed by atoms with Crippen LogP contribution < -0.4 is 21.8 Å². The predicted octanol–water partition coefficient (Wildman–Crippen LogP) is 4.55. The van der Waals surface area contributed by atoms with Crippen LogP contribution >= 0.6 is 0 Å². The highest BCUT2D eigenvalue weighted by Gasteiger charge is 2.21. The van der Waals surface area contributed by atoms with Crippen molar-refractivity contribution in [1.29, 1.82) is 0 Å². The number of aryl methyl sites for hydroxylation is 1. The van der Waals surface area contributed by atoms with Crippen LogP contribution in [0, 0.1) is 5.82 Å². The maximum absolute atomic E-state index is 15.4. The molecule has 3 N–H and O–H groups in total. The summed E-state index contributed by atoms with van der Waals surface area (Å²) in [7, 11) is 5.41. The van der Waals surface area contributed by atoms with Crippen LogP contribution in [-0.4, -0.2) is 55.9 Å². The number of benzene rings is 3. The van der Waals surface area contributed by atoms with Crippen molar-refractivity contribution in [3.63, 3.8) is 0 Å². The summed E-state index contributed by atoms with van der Waals surface area (Å²) in [5.74, 6) is -0.838. The number of nitrogens with one attached hydrogen (secondary N) is 2. The first-order valence-corrected chi connectivity index (χ1v) is 15.7. The molecule has 5 aromatic rings. The van der Waals surface area contributed by atoms with E-state index in [0.29, 0.717) is 34.4 Å². The number of fused-ring (bicyclic) bond motifs is 1. The van der Waals surface area contributed by atoms with Gasteiger partial charge < -0.3 is 25.2 Å². The highest BCUT2D eigenvalue weighted by molar-refractivity contribution is 5.87. The number of hydrogen-bond acceptors (Lipinski definition) is 8. The van der Waals surface area contributed by atoms with Crippen LogP contribution in [0.2, 0.25) is 0 Å². The fraction of sp³-hybridized carbons (Fsp3) is 0.270. The van der Waals surface area contributed by atoms with Gasteiger partial charge in [-0.2, -0.15) is 9.78 Å². The molecule has 0 saturated carbocycles. The van der Waals surface area contributed by atoms with Gasteiger partial charge in [-0.15, -0.1) is 0 Å². The van der Waals surface area contributed by atoms with Crippen molar-refractivity contribution in [3.05, 3.63) is 122 Å². The zero-order valence-corrected chi connectivity index (χ0v) is 28.4. The van der Waals surface area contributed by atoms with Gasteiger partial charge in [-0.25, -0.2) is 9.37 Å². The zero-order valence-electron chi connectivity index (χ0n) is 28.4. The molecular weight excluding hydrogens is 625 g/mol. The summed E-state index contributed by atoms with van der Waals surface area (Å²) in [5, 5.41) is 21.1. The van der Waals surface area contributed by atoms with Crippen molar-refractivity contribution in [1.82, 2.24) is 29.5 Å². The highest BCUT2D eigenvalue weighted by atomic mass is 19.1. The highest BCUT2D eigenvalue weighted by Crippen LogP contribution is 2.29. The zero-order chi connectivity index (χ0) is 35.5. The standard InChI is InChI=1S/C37H40FN7O4/c1-37(2,3)25-17-24-20-40-45(35(48)33(24)29(38)18-25)31-13-8-12-27(28(31)22-46)30-21-44(6)36(49)34(42-30)41-26-11-7-10-23(16-26)19-39-32(47)14-9-15-43(4)5/h7-14,16-18,20-21,46H,15,19,22H2,1-6H3,(H,39,47)(H,41,42). The molecule has 254 valence electrons. The first-order valence-electron chi connectivity index (χ1n) is 15.7. The van der Waals surface area contributed by atoms with Gasteiger partial charge in [-0.1, -0.05) is 51.1 Å². The van der Waals surface area contributed by atoms with Gasteiger partial charge in [0.25, 0.3) is 11.1 Å². The Hall–Kier alpha value is -5.46. The lowest BCUT2D eigenvalue weighted by Gasteiger charge is -2.20. The van der Waals surface area contributed by atoms with Crippen LogP contribution in [0.15, 0.2) is 88.7 Å². The van der Waals surface area contributed by atoms with Crippen LogP contribution in [0.3, 0.4) is 0 Å². The summed E-state index contributed by atoms with van der Waals surface area (Å²) >= 11 is 0. The van der Waals surface area contributed by atoms with E-state index in [0.717, 1.165) is 15.8 Å². The monoisotopic (exact) mass is 665 g/mol. The Morgan fingerprint density at radius 2 is 1.82 bits per heavy atom. The third-order valence-corrected chi connectivity index (χ3v) is 7.99. The summed E-state index contributed by atoms with van der Waals surface area (Å²) in [6.45, 7) is 6.32. The van der Waals surface area contributed by atoms with E-state index in [4.69, 9.17) is 0 Å². The molecule has 0 atom stereocenters. The fourth-order valence-corrected chi connectivity index (χ4v) is 5.35. The number of aliphatic hydroxyl groups is 1. The number of amides is 1. The molecule has 5 rings (SSSR count). The minimum absolute atomic E-state index is 0.0276. The number of carbonyl (C=O) groups excluding carboxylic acids is 1. The molecule has 49 heavy (non-hydrogen) atoms. The molecule has 11 nitrogen and oxygen atoms in total. The van der Waals surface area contributed by atoms with E-state index in [1.165, 1.54) is 29.1 Å². The Morgan fingerprint density at radius 1 is 1.06 bits per heavy atom. The smallest absolute Gasteiger partial charge is 0.293 e. The molecule has 0 fully saturated rings. The SMILES string of the molecule is CN(C)CC=CC(=O)NCc1cccc(Nc2nc(-c3cccc(-n4ncc5cc(C(C)(C)C)cc(F)c5c4=O)c3CO)cn(C)c2=O)c1. The maximum Gasteiger partial charge on any atom is 0.293 e. The number of hydrogen-bond donors (Lipinski definition) is 3. The number of nitrogens with zero attached hydrogens (tertiary/aromatic N) is 5. The van der Waals surface area contributed by atoms with Gasteiger partial charge in [0.05, 0.1) is 29.6 Å². The number of aliphatic hydroxyl groups excluding tert-OH is 1. The fourth-order valence-electron chi connectivity index (χ4n) is 5.35. The van der Waals surface area contributed by atoms with Gasteiger partial charge in [-0.05, 0) is 61.0 Å². The molecule has 0 bridgehead atoms. The predicted molar refractivity (Wildman–Crippen MR) is 190 cm³/mol. The number of anilines is 2. The molecule has 2 heterocycles. The van der Waals surface area contributed by atoms with E-state index < -0.39 is 23.5 Å². The van der Waals surface area contributed by atoms with Gasteiger partial charge in [0, 0.05) is 54.6 Å². The molecular formula is C37H40FN7O4. The van der Waals surface area contributed by atoms with Crippen molar-refractivity contribution in [2.75, 3.05) is 26.0 Å². The minimum Gasteiger partial charge on any atom is -0.392 e. The van der Waals surface area contributed by atoms with Crippen LogP contribution in [0.25, 0.3) is 27.7 Å². The molecule has 0 saturated heterocycles. The van der Waals surface area contributed by atoms with Gasteiger partial charge >= 0.3 is 0 Å². The largest absolute Gasteiger partial charge is 0.392 e. The van der Waals surface area contributed by atoms with Gasteiger partial charge in [-0.3, -0.25) is 14.4 Å². The van der Waals surface area contributed by atoms with Gasteiger partial charge in [0.1, 0.15) is 5.82 Å². The molecule has 0 radical (unpaired) electrons. The van der Waals surface area contributed by atoms with Crippen molar-refractivity contribution in [2.45, 2.75) is 39.3 Å². The first-order chi connectivity index (χ1) is 23.3. The second-order valence-corrected chi connectivity index (χ2v) is 13.1. The Labute approximate surface area is 283 Å². The molecule has 0 spiro atoms. The average Bonchev–Trinajstić information content (AvgIpc) is 3.05. The van der Waals surface area contributed by atoms with Crippen molar-refractivity contribution < 1.29 is 14.3 Å². The van der Waals surface area contributed by atoms with E-state index in [1.807, 2.05) is 45.8 Å². The Bertz CT molecular complexity index is 2180. The number of halogens is 1. The van der Waals surface area contributed by atoms with E-state index in [-0.39, 0.29) is 34.8 Å². The number of carbonyl (C=O) groups is 1. The minimum atomic E-state index is -0.668. The molecule has 3 aromatic carbocycles. The normalized spacial score (nSPS) is 11.9. The molecule has 0 aliphatic carbocycles. The summed E-state index contributed by atoms with van der Waals surface area (Å²) in [6, 6.07) is 15.4. The number of aromatic nitrogens is 4. The van der Waals surface area contributed by atoms with E-state index in [2.05, 4.69) is 20.7 Å². The Balaban J connectivity index is 1.48. The Kier molecular flexibility index (Phi) is 10.2. The van der Waals surface area contributed by atoms with Crippen LogP contribution in [0.5, 0.6) is 0 Å². The topological polar surface area (TPSA) is 134 Å². The molecule has 12 heteroatoms. The maximum atomic E-state index is 15.4. The van der Waals surface area contributed by atoms with Crippen molar-refractivity contribution in [3.8, 4) is 16.9 Å². The summed E-state index contributed by atoms with van der Waals surface area (Å²) < 4.78 is 17.8. The van der Waals surface area contributed by atoms with Crippen LogP contribution in [0.4, 0.5) is 15.9 Å². The second-order valence-electron chi connectivity index (χ2n) is 13.1. The van der Waals surface area contributed by atoms with Gasteiger partial charge in [0.15, 0.2) is 5.82 Å². The first kappa shape index (κ1) is 34.9.